The molecule has 0 aliphatic heterocycles. The Morgan fingerprint density at radius 3 is 2.07 bits per heavy atom. The quantitative estimate of drug-likeness (QED) is 0.692. The Hall–Kier alpha value is -2.55. The molecule has 0 spiro atoms. The Bertz CT molecular complexity index is 894. The van der Waals surface area contributed by atoms with E-state index in [1.54, 1.807) is 17.4 Å². The van der Waals surface area contributed by atoms with Gasteiger partial charge in [0.2, 0.25) is 5.91 Å². The lowest BCUT2D eigenvalue weighted by atomic mass is 10.1. The average Bonchev–Trinajstić information content (AvgIpc) is 2.62. The molecule has 0 unspecified atom stereocenters. The number of alkyl halides is 3. The molecule has 0 saturated heterocycles. The van der Waals surface area contributed by atoms with Crippen molar-refractivity contribution in [3.63, 3.8) is 0 Å². The smallest absolute Gasteiger partial charge is 0.347 e. The fraction of sp³-hybridized carbons (Fsp3) is 0.316. The minimum Gasteiger partial charge on any atom is -0.347 e. The molecule has 0 radical (unpaired) electrons. The van der Waals surface area contributed by atoms with Crippen molar-refractivity contribution in [1.29, 1.82) is 0 Å². The standard InChI is InChI=1S/C19H21F3N2O3S/c1-2-3-14-6-10-17(11-7-14)28(26,27)24-16-8-4-15(5-9-16)12-18(25)23-13-19(20,21)22/h4-11,24H,2-3,12-13H2,1H3,(H,23,25). The molecule has 2 N–H and O–H groups in total. The first-order chi connectivity index (χ1) is 13.1. The van der Waals surface area contributed by atoms with Crippen LogP contribution >= 0.6 is 0 Å². The van der Waals surface area contributed by atoms with Crippen molar-refractivity contribution < 1.29 is 26.4 Å². The molecule has 0 aliphatic rings. The van der Waals surface area contributed by atoms with Gasteiger partial charge in [-0.1, -0.05) is 37.6 Å². The summed E-state index contributed by atoms with van der Waals surface area (Å²) in [5, 5.41) is 1.78. The molecule has 0 fully saturated rings. The Balaban J connectivity index is 1.98. The summed E-state index contributed by atoms with van der Waals surface area (Å²) in [4.78, 5) is 11.6. The summed E-state index contributed by atoms with van der Waals surface area (Å²) in [6.07, 6.45) is -2.87. The molecule has 152 valence electrons. The second kappa shape index (κ2) is 9.09. The number of amides is 1. The van der Waals surface area contributed by atoms with Crippen LogP contribution in [0, 0.1) is 0 Å². The number of sulfonamides is 1. The first-order valence-electron chi connectivity index (χ1n) is 8.63. The molecular weight excluding hydrogens is 393 g/mol. The SMILES string of the molecule is CCCc1ccc(S(=O)(=O)Nc2ccc(CC(=O)NCC(F)(F)F)cc2)cc1. The van der Waals surface area contributed by atoms with Crippen molar-refractivity contribution in [3.05, 3.63) is 59.7 Å². The number of rotatable bonds is 8. The number of hydrogen-bond acceptors (Lipinski definition) is 3. The van der Waals surface area contributed by atoms with Gasteiger partial charge in [-0.25, -0.2) is 8.42 Å². The highest BCUT2D eigenvalue weighted by Crippen LogP contribution is 2.18. The lowest BCUT2D eigenvalue weighted by Gasteiger charge is -2.10. The monoisotopic (exact) mass is 414 g/mol. The summed E-state index contributed by atoms with van der Waals surface area (Å²) in [7, 11) is -3.76. The van der Waals surface area contributed by atoms with E-state index in [-0.39, 0.29) is 17.0 Å². The van der Waals surface area contributed by atoms with Gasteiger partial charge in [-0.15, -0.1) is 0 Å². The number of halogens is 3. The van der Waals surface area contributed by atoms with E-state index in [1.165, 1.54) is 36.4 Å². The molecule has 0 aromatic heterocycles. The maximum absolute atomic E-state index is 12.4. The van der Waals surface area contributed by atoms with Crippen molar-refractivity contribution >= 4 is 21.6 Å². The van der Waals surface area contributed by atoms with Gasteiger partial charge in [-0.2, -0.15) is 13.2 Å². The van der Waals surface area contributed by atoms with E-state index in [9.17, 15) is 26.4 Å². The Morgan fingerprint density at radius 1 is 0.964 bits per heavy atom. The lowest BCUT2D eigenvalue weighted by Crippen LogP contribution is -2.34. The van der Waals surface area contributed by atoms with Gasteiger partial charge in [-0.3, -0.25) is 9.52 Å². The van der Waals surface area contributed by atoms with Gasteiger partial charge in [0.1, 0.15) is 6.54 Å². The summed E-state index contributed by atoms with van der Waals surface area (Å²) >= 11 is 0. The van der Waals surface area contributed by atoms with Crippen molar-refractivity contribution in [1.82, 2.24) is 5.32 Å². The Kier molecular flexibility index (Phi) is 7.06. The molecule has 0 saturated carbocycles. The van der Waals surface area contributed by atoms with E-state index in [4.69, 9.17) is 0 Å². The number of benzene rings is 2. The zero-order valence-electron chi connectivity index (χ0n) is 15.2. The molecule has 2 aromatic carbocycles. The number of anilines is 1. The van der Waals surface area contributed by atoms with Crippen LogP contribution < -0.4 is 10.0 Å². The molecule has 28 heavy (non-hydrogen) atoms. The van der Waals surface area contributed by atoms with Crippen LogP contribution in [-0.4, -0.2) is 27.0 Å². The van der Waals surface area contributed by atoms with Gasteiger partial charge < -0.3 is 5.32 Å². The molecular formula is C19H21F3N2O3S. The number of nitrogens with one attached hydrogen (secondary N) is 2. The number of aryl methyl sites for hydroxylation is 1. The van der Waals surface area contributed by atoms with Crippen LogP contribution in [0.15, 0.2) is 53.4 Å². The molecule has 0 atom stereocenters. The van der Waals surface area contributed by atoms with Crippen LogP contribution in [0.25, 0.3) is 0 Å². The second-order valence-electron chi connectivity index (χ2n) is 6.27. The topological polar surface area (TPSA) is 75.3 Å². The van der Waals surface area contributed by atoms with Crippen LogP contribution in [0.5, 0.6) is 0 Å². The predicted octanol–water partition coefficient (Wildman–Crippen LogP) is 3.66. The summed E-state index contributed by atoms with van der Waals surface area (Å²) in [6.45, 7) is 0.649. The van der Waals surface area contributed by atoms with Crippen LogP contribution in [0.3, 0.4) is 0 Å². The van der Waals surface area contributed by atoms with Crippen LogP contribution in [0.4, 0.5) is 18.9 Å². The van der Waals surface area contributed by atoms with Crippen molar-refractivity contribution in [2.45, 2.75) is 37.3 Å². The molecule has 0 aliphatic carbocycles. The zero-order chi connectivity index (χ0) is 20.8. The molecule has 2 aromatic rings. The fourth-order valence-electron chi connectivity index (χ4n) is 2.48. The minimum atomic E-state index is -4.47. The zero-order valence-corrected chi connectivity index (χ0v) is 16.0. The highest BCUT2D eigenvalue weighted by molar-refractivity contribution is 7.92. The summed E-state index contributed by atoms with van der Waals surface area (Å²) < 4.78 is 63.6. The largest absolute Gasteiger partial charge is 0.405 e. The van der Waals surface area contributed by atoms with Gasteiger partial charge >= 0.3 is 6.18 Å². The van der Waals surface area contributed by atoms with Crippen LogP contribution in [0.2, 0.25) is 0 Å². The van der Waals surface area contributed by atoms with Crippen molar-refractivity contribution in [2.75, 3.05) is 11.3 Å². The maximum atomic E-state index is 12.4. The number of carbonyl (C=O) groups is 1. The summed E-state index contributed by atoms with van der Waals surface area (Å²) in [5.74, 6) is -0.766. The third-order valence-electron chi connectivity index (χ3n) is 3.83. The van der Waals surface area contributed by atoms with E-state index in [0.29, 0.717) is 5.56 Å². The molecule has 9 heteroatoms. The number of carbonyl (C=O) groups excluding carboxylic acids is 1. The summed E-state index contributed by atoms with van der Waals surface area (Å²) in [5.41, 5.74) is 1.80. The van der Waals surface area contributed by atoms with E-state index >= 15 is 0 Å². The van der Waals surface area contributed by atoms with E-state index < -0.39 is 28.7 Å². The van der Waals surface area contributed by atoms with Gasteiger partial charge in [0.15, 0.2) is 0 Å². The van der Waals surface area contributed by atoms with Crippen LogP contribution in [0.1, 0.15) is 24.5 Å². The highest BCUT2D eigenvalue weighted by Gasteiger charge is 2.27. The van der Waals surface area contributed by atoms with Gasteiger partial charge in [0.25, 0.3) is 10.0 Å². The van der Waals surface area contributed by atoms with Crippen molar-refractivity contribution in [2.24, 2.45) is 0 Å². The molecule has 0 heterocycles. The normalized spacial score (nSPS) is 11.9. The third-order valence-corrected chi connectivity index (χ3v) is 5.23. The number of hydrogen-bond donors (Lipinski definition) is 2. The average molecular weight is 414 g/mol. The molecule has 0 bridgehead atoms. The first kappa shape index (κ1) is 21.7. The second-order valence-corrected chi connectivity index (χ2v) is 7.95. The van der Waals surface area contributed by atoms with Gasteiger partial charge in [0.05, 0.1) is 11.3 Å². The maximum Gasteiger partial charge on any atom is 0.405 e. The highest BCUT2D eigenvalue weighted by atomic mass is 32.2. The predicted molar refractivity (Wildman–Crippen MR) is 100 cm³/mol. The fourth-order valence-corrected chi connectivity index (χ4v) is 3.53. The first-order valence-corrected chi connectivity index (χ1v) is 10.1. The van der Waals surface area contributed by atoms with Gasteiger partial charge in [-0.05, 0) is 41.8 Å². The minimum absolute atomic E-state index is 0.128. The van der Waals surface area contributed by atoms with Crippen LogP contribution in [-0.2, 0) is 27.7 Å². The lowest BCUT2D eigenvalue weighted by molar-refractivity contribution is -0.138. The summed E-state index contributed by atoms with van der Waals surface area (Å²) in [6, 6.07) is 12.5. The van der Waals surface area contributed by atoms with E-state index in [2.05, 4.69) is 4.72 Å². The molecule has 5 nitrogen and oxygen atoms in total. The van der Waals surface area contributed by atoms with Gasteiger partial charge in [0, 0.05) is 5.69 Å². The van der Waals surface area contributed by atoms with E-state index in [0.717, 1.165) is 18.4 Å². The van der Waals surface area contributed by atoms with Crippen molar-refractivity contribution in [3.8, 4) is 0 Å². The molecule has 2 rings (SSSR count). The molecule has 1 amide bonds. The third kappa shape index (κ3) is 6.88. The van der Waals surface area contributed by atoms with E-state index in [1.807, 2.05) is 6.92 Å². The Labute approximate surface area is 162 Å². The Morgan fingerprint density at radius 2 is 1.54 bits per heavy atom.